The van der Waals surface area contributed by atoms with Gasteiger partial charge in [0.1, 0.15) is 58.9 Å². The number of allylic oxidation sites excluding steroid dienone is 2. The fourth-order valence-corrected chi connectivity index (χ4v) is 12.8. The Balaban J connectivity index is 0.880. The van der Waals surface area contributed by atoms with Crippen molar-refractivity contribution in [2.45, 2.75) is 156 Å². The van der Waals surface area contributed by atoms with Gasteiger partial charge in [0.25, 0.3) is 23.5 Å². The summed E-state index contributed by atoms with van der Waals surface area (Å²) in [5.41, 5.74) is 4.20. The summed E-state index contributed by atoms with van der Waals surface area (Å²) in [5, 5.41) is 70.7. The number of carbonyl (C=O) groups is 9. The van der Waals surface area contributed by atoms with Crippen LogP contribution in [0.5, 0.6) is 17.2 Å². The van der Waals surface area contributed by atoms with Crippen LogP contribution in [0, 0.1) is 36.5 Å². The van der Waals surface area contributed by atoms with Crippen molar-refractivity contribution < 1.29 is 96.8 Å². The van der Waals surface area contributed by atoms with E-state index >= 15 is 4.79 Å². The van der Waals surface area contributed by atoms with E-state index < -0.39 is 142 Å². The zero-order chi connectivity index (χ0) is 75.0. The molecule has 0 aromatic heterocycles. The molecule has 0 spiro atoms. The number of fused-ring (bicyclic) bond motifs is 2. The molecule has 12 N–H and O–H groups in total. The van der Waals surface area contributed by atoms with Crippen LogP contribution in [0.25, 0.3) is 33.3 Å². The summed E-state index contributed by atoms with van der Waals surface area (Å²) in [4.78, 5) is 140. The molecule has 1 aliphatic carbocycles. The van der Waals surface area contributed by atoms with E-state index in [1.54, 1.807) is 76.8 Å². The summed E-state index contributed by atoms with van der Waals surface area (Å²) >= 11 is 0. The first-order valence-electron chi connectivity index (χ1n) is 34.1. The number of ether oxygens (including phenoxy) is 5. The number of hydrogen-bond acceptors (Lipinski definition) is 23. The Bertz CT molecular complexity index is 4240. The second kappa shape index (κ2) is 32.7. The highest BCUT2D eigenvalue weighted by Crippen LogP contribution is 2.51. The second-order valence-corrected chi connectivity index (χ2v) is 27.1. The minimum atomic E-state index is -2.15. The van der Waals surface area contributed by atoms with E-state index in [2.05, 4.69) is 26.6 Å². The van der Waals surface area contributed by atoms with E-state index in [1.807, 2.05) is 0 Å². The van der Waals surface area contributed by atoms with Crippen molar-refractivity contribution in [1.29, 1.82) is 0 Å². The molecule has 103 heavy (non-hydrogen) atoms. The number of aromatic hydroxyl groups is 2. The fourth-order valence-electron chi connectivity index (χ4n) is 12.8. The third kappa shape index (κ3) is 17.2. The third-order valence-corrected chi connectivity index (χ3v) is 19.3. The summed E-state index contributed by atoms with van der Waals surface area (Å²) in [6.45, 7) is 14.7. The molecule has 8 amide bonds. The second-order valence-electron chi connectivity index (χ2n) is 27.1. The number of hydrogen-bond donors (Lipinski definition) is 11. The van der Waals surface area contributed by atoms with Crippen molar-refractivity contribution in [2.75, 3.05) is 48.8 Å². The summed E-state index contributed by atoms with van der Waals surface area (Å²) in [6, 6.07) is 6.22. The molecular formula is C73H89N9O21. The van der Waals surface area contributed by atoms with Gasteiger partial charge in [0.05, 0.1) is 54.7 Å². The topological polar surface area (TPSA) is 437 Å². The minimum Gasteiger partial charge on any atom is -0.507 e. The molecule has 0 radical (unpaired) electrons. The van der Waals surface area contributed by atoms with Gasteiger partial charge < -0.3 is 90.9 Å². The summed E-state index contributed by atoms with van der Waals surface area (Å²) in [7, 11) is 1.40. The lowest BCUT2D eigenvalue weighted by Crippen LogP contribution is -2.54. The molecule has 4 bridgehead atoms. The molecule has 5 heterocycles. The normalized spacial score (nSPS) is 24.2. The van der Waals surface area contributed by atoms with Gasteiger partial charge in [-0.25, -0.2) is 14.6 Å². The van der Waals surface area contributed by atoms with Gasteiger partial charge in [0.2, 0.25) is 23.2 Å². The molecule has 0 saturated carbocycles. The Hall–Kier alpha value is -10.4. The van der Waals surface area contributed by atoms with Crippen molar-refractivity contribution in [3.63, 3.8) is 0 Å². The lowest BCUT2D eigenvalue weighted by atomic mass is 9.78. The van der Waals surface area contributed by atoms with Gasteiger partial charge in [-0.05, 0) is 69.2 Å². The monoisotopic (exact) mass is 1430 g/mol. The van der Waals surface area contributed by atoms with E-state index in [0.717, 1.165) is 11.2 Å². The number of urea groups is 1. The van der Waals surface area contributed by atoms with Crippen molar-refractivity contribution >= 4 is 92.3 Å². The molecule has 1 saturated heterocycles. The number of methoxy groups -OCH3 is 1. The molecular weight excluding hydrogens is 1340 g/mol. The smallest absolute Gasteiger partial charge is 0.507 e. The van der Waals surface area contributed by atoms with Gasteiger partial charge >= 0.3 is 18.0 Å². The van der Waals surface area contributed by atoms with Crippen LogP contribution in [0.4, 0.5) is 26.7 Å². The number of Topliss-reactive ketones (excluding diaryl/α,β-unsaturated/α-hetero) is 1. The summed E-state index contributed by atoms with van der Waals surface area (Å²) < 4.78 is 35.5. The van der Waals surface area contributed by atoms with Crippen LogP contribution in [0.1, 0.15) is 115 Å². The number of nitrogens with one attached hydrogen (secondary N) is 5. The number of anilines is 3. The van der Waals surface area contributed by atoms with Crippen LogP contribution in [0.15, 0.2) is 93.9 Å². The van der Waals surface area contributed by atoms with Crippen molar-refractivity contribution in [1.82, 2.24) is 25.8 Å². The van der Waals surface area contributed by atoms with Crippen LogP contribution >= 0.6 is 0 Å². The number of primary amides is 1. The van der Waals surface area contributed by atoms with Crippen LogP contribution in [0.2, 0.25) is 0 Å². The number of ketones is 1. The lowest BCUT2D eigenvalue weighted by Gasteiger charge is -2.39. The molecule has 1 fully saturated rings. The Morgan fingerprint density at radius 3 is 2.19 bits per heavy atom. The maximum Gasteiger partial charge on any atom is 0.509 e. The quantitative estimate of drug-likeness (QED) is 0.0129. The number of amides is 8. The largest absolute Gasteiger partial charge is 0.509 e. The van der Waals surface area contributed by atoms with Gasteiger partial charge in [0.15, 0.2) is 11.3 Å². The van der Waals surface area contributed by atoms with E-state index in [-0.39, 0.29) is 120 Å². The summed E-state index contributed by atoms with van der Waals surface area (Å²) in [5.74, 6) is -10.9. The third-order valence-electron chi connectivity index (χ3n) is 19.3. The first-order chi connectivity index (χ1) is 48.8. The maximum absolute atomic E-state index is 15.0. The van der Waals surface area contributed by atoms with Gasteiger partial charge in [-0.2, -0.15) is 0 Å². The van der Waals surface area contributed by atoms with Crippen molar-refractivity contribution in [3.05, 3.63) is 112 Å². The zero-order valence-corrected chi connectivity index (χ0v) is 58.9. The van der Waals surface area contributed by atoms with Crippen LogP contribution in [-0.4, -0.2) is 171 Å². The van der Waals surface area contributed by atoms with E-state index in [9.17, 15) is 68.7 Å². The predicted octanol–water partition coefficient (Wildman–Crippen LogP) is 6.12. The molecule has 6 aliphatic rings. The molecule has 11 atom stereocenters. The van der Waals surface area contributed by atoms with Gasteiger partial charge in [-0.1, -0.05) is 78.3 Å². The molecule has 9 rings (SSSR count). The van der Waals surface area contributed by atoms with Crippen LogP contribution in [-0.2, 0) is 54.3 Å². The Labute approximate surface area is 593 Å². The molecule has 3 aromatic carbocycles. The highest BCUT2D eigenvalue weighted by atomic mass is 16.7. The van der Waals surface area contributed by atoms with Crippen molar-refractivity contribution in [3.8, 4) is 28.7 Å². The number of nitrogens with two attached hydrogens (primary N) is 1. The number of aliphatic hydroxyl groups excluding tert-OH is 3. The fraction of sp³-hybridized carbons (Fsp3) is 0.466. The number of rotatable bonds is 21. The number of imide groups is 1. The molecule has 552 valence electrons. The number of carbonyl (C=O) groups excluding carboxylic acids is 9. The highest BCUT2D eigenvalue weighted by molar-refractivity contribution is 6.22. The Morgan fingerprint density at radius 2 is 1.52 bits per heavy atom. The van der Waals surface area contributed by atoms with Crippen LogP contribution in [0.3, 0.4) is 0 Å². The molecule has 0 unspecified atom stereocenters. The van der Waals surface area contributed by atoms with E-state index in [1.165, 1.54) is 70.4 Å². The molecule has 30 nitrogen and oxygen atoms in total. The number of phenols is 2. The van der Waals surface area contributed by atoms with Crippen molar-refractivity contribution in [2.24, 2.45) is 35.3 Å². The average molecular weight is 1430 g/mol. The number of benzene rings is 4. The van der Waals surface area contributed by atoms with Gasteiger partial charge in [0, 0.05) is 109 Å². The van der Waals surface area contributed by atoms with E-state index in [4.69, 9.17) is 38.8 Å². The molecule has 30 heteroatoms. The SMILES string of the molecule is CO[C@H]1/C=C/O[C@@]2(C)Oc3c(C)c(O)c4c(=O)c(c5oc6cc(N7CC(OC(=O)OCc8ccc(NC(=O)[C@H](CCCNC(N)=O)NC(=O)[C@@H](NC(=O)CCCCCN9C(=O)C=CC9=O)C(C)C)cc8)C7)cc(O)c6nc-5c4c3C2=O)NC(=O)/C(C)=C\C=C\[C@H](C)[C@H](O)[C@@H](C)[C@@H](O)[C@@H](C)[C@H](O)[C@@H]1C. The number of unbranched alkanes of at least 4 members (excludes halogenated alkanes) is 2. The molecule has 5 aliphatic heterocycles. The lowest BCUT2D eigenvalue weighted by molar-refractivity contribution is -0.137. The minimum absolute atomic E-state index is 0.0383. The number of aromatic nitrogens is 1. The molecule has 3 aromatic rings. The number of aliphatic hydroxyl groups is 3. The summed E-state index contributed by atoms with van der Waals surface area (Å²) in [6.07, 6.45) is 5.43. The number of nitrogens with zero attached hydrogens (tertiary/aromatic N) is 3. The average Bonchev–Trinajstić information content (AvgIpc) is 1.65. The Morgan fingerprint density at radius 1 is 0.845 bits per heavy atom. The highest BCUT2D eigenvalue weighted by Gasteiger charge is 2.50. The van der Waals surface area contributed by atoms with Crippen LogP contribution < -0.4 is 47.4 Å². The first-order valence-corrected chi connectivity index (χ1v) is 34.1. The first kappa shape index (κ1) is 76.7. The standard InChI is InChI=1S/C73H89N9O21/c1-35(2)56(78-50(84)19-12-11-13-28-82-51(85)24-25-52(82)86)70(95)77-46(18-15-27-75-71(74)96)69(94)76-43-22-20-42(21-23-43)34-99-72(97)101-45-32-81(33-45)44-30-47(83)57-49(31-44)102-66-58(79-57)53-54-63(90)41(8)65-55(53)67(92)73(9,103-65)100-29-26-48(98-10)38(5)61(88)40(7)62(89)39(6)60(87)36(3)16-14-17-37(4)68(93)80-59(66)64(54)91/h14,16-17,20-26,29-31,35-36,38-40,45-46,48,56,60-62,83,87-90H,11-13,15,18-19,27-28,32-34H2,1-10H3,(H,76,94)(H,77,95)(H,78,84)(H,80,93)(H3,74,75,96)/b16-14+,29-26+,37-17-/t36-,38+,39+,40-,46-,48-,56-,60-,61+,62+,73-/m0/s1. The predicted molar refractivity (Wildman–Crippen MR) is 375 cm³/mol. The zero-order valence-electron chi connectivity index (χ0n) is 58.9. The number of phenolic OH excluding ortho intramolecular Hbond substituents is 2. The van der Waals surface area contributed by atoms with E-state index in [0.29, 0.717) is 36.2 Å². The maximum atomic E-state index is 15.0. The van der Waals surface area contributed by atoms with Gasteiger partial charge in [-0.15, -0.1) is 0 Å². The van der Waals surface area contributed by atoms with Gasteiger partial charge in [-0.3, -0.25) is 43.3 Å². The Kier molecular flexibility index (Phi) is 24.4.